The molecule has 0 saturated heterocycles. The standard InChI is InChI=1S/C29H49N9O2/c1-7-36(8-2)26-13-11-25(12-14-26)32-33-29-37(21-15-27(39)30-17-9-19-34(3)4)23-24-38(29)22-16-28(40)31-18-10-20-35(5)6/h11-14,23-24H,7-10,15-22H2,1-6H3,(H-,30,31,39,40)/p+1. The third-order valence-corrected chi connectivity index (χ3v) is 6.54. The fraction of sp³-hybridized carbons (Fsp3) is 0.621. The highest BCUT2D eigenvalue weighted by Gasteiger charge is 2.19. The van der Waals surface area contributed by atoms with Crippen LogP contribution in [0.2, 0.25) is 0 Å². The maximum absolute atomic E-state index is 12.4. The van der Waals surface area contributed by atoms with Crippen LogP contribution in [0.25, 0.3) is 0 Å². The molecule has 0 aliphatic rings. The number of benzene rings is 1. The topological polar surface area (TPSA) is 101 Å². The highest BCUT2D eigenvalue weighted by molar-refractivity contribution is 5.76. The summed E-state index contributed by atoms with van der Waals surface area (Å²) < 4.78 is 3.84. The van der Waals surface area contributed by atoms with Crippen molar-refractivity contribution in [3.63, 3.8) is 0 Å². The van der Waals surface area contributed by atoms with Crippen LogP contribution in [0, 0.1) is 0 Å². The Kier molecular flexibility index (Phi) is 14.9. The zero-order chi connectivity index (χ0) is 29.3. The number of imidazole rings is 1. The van der Waals surface area contributed by atoms with E-state index in [1.165, 1.54) is 0 Å². The van der Waals surface area contributed by atoms with E-state index in [1.807, 2.05) is 61.9 Å². The molecule has 1 aromatic carbocycles. The van der Waals surface area contributed by atoms with Crippen molar-refractivity contribution < 1.29 is 14.2 Å². The molecular weight excluding hydrogens is 506 g/mol. The summed E-state index contributed by atoms with van der Waals surface area (Å²) >= 11 is 0. The number of hydrogen-bond donors (Lipinski definition) is 2. The van der Waals surface area contributed by atoms with Gasteiger partial charge in [0.15, 0.2) is 0 Å². The fourth-order valence-corrected chi connectivity index (χ4v) is 4.21. The minimum absolute atomic E-state index is 0.00554. The zero-order valence-electron chi connectivity index (χ0n) is 25.4. The van der Waals surface area contributed by atoms with Crippen molar-refractivity contribution in [2.75, 3.05) is 72.4 Å². The van der Waals surface area contributed by atoms with E-state index in [4.69, 9.17) is 0 Å². The molecular formula is C29H50N9O2+. The molecule has 2 rings (SSSR count). The molecule has 0 aliphatic carbocycles. The molecule has 1 aromatic heterocycles. The summed E-state index contributed by atoms with van der Waals surface area (Å²) in [5.41, 5.74) is 1.89. The zero-order valence-corrected chi connectivity index (χ0v) is 25.4. The highest BCUT2D eigenvalue weighted by atomic mass is 16.2. The van der Waals surface area contributed by atoms with Crippen LogP contribution >= 0.6 is 0 Å². The summed E-state index contributed by atoms with van der Waals surface area (Å²) in [5.74, 6) is 0.616. The molecule has 40 heavy (non-hydrogen) atoms. The van der Waals surface area contributed by atoms with Gasteiger partial charge in [-0.2, -0.15) is 0 Å². The molecule has 11 heteroatoms. The molecule has 11 nitrogen and oxygen atoms in total. The Morgan fingerprint density at radius 3 is 1.98 bits per heavy atom. The Hall–Kier alpha value is -3.31. The summed E-state index contributed by atoms with van der Waals surface area (Å²) in [6, 6.07) is 8.01. The largest absolute Gasteiger partial charge is 0.421 e. The molecule has 0 unspecified atom stereocenters. The lowest BCUT2D eigenvalue weighted by Crippen LogP contribution is -2.36. The van der Waals surface area contributed by atoms with E-state index >= 15 is 0 Å². The monoisotopic (exact) mass is 556 g/mol. The molecule has 2 amide bonds. The van der Waals surface area contributed by atoms with Crippen LogP contribution in [-0.2, 0) is 22.7 Å². The Morgan fingerprint density at radius 1 is 0.850 bits per heavy atom. The van der Waals surface area contributed by atoms with Crippen LogP contribution in [0.5, 0.6) is 0 Å². The lowest BCUT2D eigenvalue weighted by molar-refractivity contribution is -0.682. The van der Waals surface area contributed by atoms with Gasteiger partial charge in [0.1, 0.15) is 5.69 Å². The number of anilines is 1. The molecule has 2 aromatic rings. The molecule has 0 aliphatic heterocycles. The van der Waals surface area contributed by atoms with Gasteiger partial charge in [-0.05, 0) is 92.2 Å². The van der Waals surface area contributed by atoms with Gasteiger partial charge in [0.25, 0.3) is 0 Å². The average molecular weight is 557 g/mol. The van der Waals surface area contributed by atoms with Crippen LogP contribution in [0.15, 0.2) is 46.9 Å². The molecule has 0 saturated carbocycles. The van der Waals surface area contributed by atoms with Gasteiger partial charge in [-0.3, -0.25) is 9.59 Å². The number of hydrogen-bond acceptors (Lipinski definition) is 7. The number of rotatable bonds is 19. The SMILES string of the molecule is CCN(CC)c1ccc(N=Nc2n(CCC(=O)NCCCN(C)C)cc[n+]2CCC(=O)NCCCN(C)C)cc1. The minimum atomic E-state index is 0.00554. The molecule has 0 atom stereocenters. The molecule has 0 fully saturated rings. The van der Waals surface area contributed by atoms with Crippen LogP contribution in [0.1, 0.15) is 39.5 Å². The van der Waals surface area contributed by atoms with E-state index in [0.29, 0.717) is 45.0 Å². The summed E-state index contributed by atoms with van der Waals surface area (Å²) in [4.78, 5) is 31.3. The normalized spacial score (nSPS) is 11.5. The second-order valence-corrected chi connectivity index (χ2v) is 10.4. The number of amides is 2. The van der Waals surface area contributed by atoms with Gasteiger partial charge in [-0.15, -0.1) is 0 Å². The van der Waals surface area contributed by atoms with Gasteiger partial charge < -0.3 is 25.3 Å². The summed E-state index contributed by atoms with van der Waals surface area (Å²) in [5, 5.41) is 15.0. The van der Waals surface area contributed by atoms with Crippen molar-refractivity contribution in [2.45, 2.75) is 52.6 Å². The summed E-state index contributed by atoms with van der Waals surface area (Å²) in [6.07, 6.45) is 6.28. The minimum Gasteiger partial charge on any atom is -0.372 e. The molecule has 0 bridgehead atoms. The van der Waals surface area contributed by atoms with Crippen molar-refractivity contribution in [3.8, 4) is 0 Å². The van der Waals surface area contributed by atoms with E-state index in [1.54, 1.807) is 0 Å². The van der Waals surface area contributed by atoms with E-state index in [2.05, 4.69) is 61.5 Å². The Morgan fingerprint density at radius 2 is 1.43 bits per heavy atom. The Balaban J connectivity index is 2.07. The lowest BCUT2D eigenvalue weighted by Gasteiger charge is -2.20. The van der Waals surface area contributed by atoms with Gasteiger partial charge in [-0.25, -0.2) is 9.13 Å². The molecule has 222 valence electrons. The van der Waals surface area contributed by atoms with Crippen molar-refractivity contribution in [1.29, 1.82) is 0 Å². The number of carbonyl (C=O) groups is 2. The van der Waals surface area contributed by atoms with Crippen LogP contribution in [0.3, 0.4) is 0 Å². The molecule has 2 N–H and O–H groups in total. The van der Waals surface area contributed by atoms with E-state index < -0.39 is 0 Å². The van der Waals surface area contributed by atoms with E-state index in [9.17, 15) is 9.59 Å². The highest BCUT2D eigenvalue weighted by Crippen LogP contribution is 2.21. The van der Waals surface area contributed by atoms with Gasteiger partial charge in [0, 0.05) is 37.0 Å². The second-order valence-electron chi connectivity index (χ2n) is 10.4. The molecule has 0 radical (unpaired) electrons. The van der Waals surface area contributed by atoms with Crippen molar-refractivity contribution in [1.82, 2.24) is 25.0 Å². The Bertz CT molecular complexity index is 995. The van der Waals surface area contributed by atoms with Crippen molar-refractivity contribution in [2.24, 2.45) is 10.2 Å². The van der Waals surface area contributed by atoms with Gasteiger partial charge in [-0.1, -0.05) is 5.11 Å². The maximum Gasteiger partial charge on any atom is 0.421 e. The fourth-order valence-electron chi connectivity index (χ4n) is 4.21. The van der Waals surface area contributed by atoms with Gasteiger partial charge >= 0.3 is 5.95 Å². The number of azo groups is 1. The maximum atomic E-state index is 12.4. The van der Waals surface area contributed by atoms with Gasteiger partial charge in [0.05, 0.1) is 38.3 Å². The number of carbonyl (C=O) groups excluding carboxylic acids is 2. The smallest absolute Gasteiger partial charge is 0.372 e. The number of nitrogens with zero attached hydrogens (tertiary/aromatic N) is 7. The lowest BCUT2D eigenvalue weighted by atomic mass is 10.2. The first-order valence-electron chi connectivity index (χ1n) is 14.4. The molecule has 0 spiro atoms. The van der Waals surface area contributed by atoms with Crippen molar-refractivity contribution in [3.05, 3.63) is 36.7 Å². The van der Waals surface area contributed by atoms with Crippen LogP contribution < -0.4 is 20.1 Å². The first-order valence-corrected chi connectivity index (χ1v) is 14.4. The van der Waals surface area contributed by atoms with E-state index in [0.717, 1.165) is 50.4 Å². The number of nitrogens with one attached hydrogen (secondary N) is 2. The number of aromatic nitrogens is 2. The van der Waals surface area contributed by atoms with Crippen LogP contribution in [0.4, 0.5) is 17.3 Å². The first kappa shape index (κ1) is 32.9. The summed E-state index contributed by atoms with van der Waals surface area (Å²) in [6.45, 7) is 10.3. The first-order chi connectivity index (χ1) is 19.2. The third-order valence-electron chi connectivity index (χ3n) is 6.54. The predicted molar refractivity (Wildman–Crippen MR) is 160 cm³/mol. The van der Waals surface area contributed by atoms with Crippen molar-refractivity contribution >= 4 is 29.1 Å². The number of aryl methyl sites for hydroxylation is 2. The molecule has 1 heterocycles. The third kappa shape index (κ3) is 12.3. The van der Waals surface area contributed by atoms with E-state index in [-0.39, 0.29) is 11.8 Å². The van der Waals surface area contributed by atoms with Crippen LogP contribution in [-0.4, -0.2) is 93.6 Å². The average Bonchev–Trinajstić information content (AvgIpc) is 3.32. The Labute approximate surface area is 240 Å². The predicted octanol–water partition coefficient (Wildman–Crippen LogP) is 2.95. The van der Waals surface area contributed by atoms with Gasteiger partial charge in [0.2, 0.25) is 11.8 Å². The summed E-state index contributed by atoms with van der Waals surface area (Å²) in [7, 11) is 8.09. The second kappa shape index (κ2) is 18.1. The quantitative estimate of drug-likeness (QED) is 0.157.